The number of allylic oxidation sites excluding steroid dienone is 4. The summed E-state index contributed by atoms with van der Waals surface area (Å²) >= 11 is 0. The first-order chi connectivity index (χ1) is 5.83. The van der Waals surface area contributed by atoms with Crippen molar-refractivity contribution in [3.05, 3.63) is 22.8 Å². The van der Waals surface area contributed by atoms with Gasteiger partial charge < -0.3 is 0 Å². The Morgan fingerprint density at radius 1 is 1.50 bits per heavy atom. The van der Waals surface area contributed by atoms with Gasteiger partial charge in [0.05, 0.1) is 0 Å². The maximum Gasteiger partial charge on any atom is -0.00816 e. The Kier molecular flexibility index (Phi) is 1.18. The van der Waals surface area contributed by atoms with Crippen LogP contribution in [0.5, 0.6) is 0 Å². The first-order valence-corrected chi connectivity index (χ1v) is 5.29. The van der Waals surface area contributed by atoms with Crippen molar-refractivity contribution < 1.29 is 0 Å². The lowest BCUT2D eigenvalue weighted by Gasteiger charge is -2.42. The van der Waals surface area contributed by atoms with E-state index in [0.29, 0.717) is 0 Å². The minimum absolute atomic E-state index is 0.885. The van der Waals surface area contributed by atoms with Crippen molar-refractivity contribution in [3.63, 3.8) is 0 Å². The molecular weight excluding hydrogens is 144 g/mol. The lowest BCUT2D eigenvalue weighted by Crippen LogP contribution is -2.31. The third-order valence-electron chi connectivity index (χ3n) is 3.93. The van der Waals surface area contributed by atoms with Crippen LogP contribution >= 0.6 is 0 Å². The third-order valence-corrected chi connectivity index (χ3v) is 3.93. The Bertz CT molecular complexity index is 293. The topological polar surface area (TPSA) is 0 Å². The van der Waals surface area contributed by atoms with E-state index < -0.39 is 0 Å². The summed E-state index contributed by atoms with van der Waals surface area (Å²) in [7, 11) is 0. The second kappa shape index (κ2) is 2.04. The summed E-state index contributed by atoms with van der Waals surface area (Å²) in [4.78, 5) is 0. The number of hydrogen-bond acceptors (Lipinski definition) is 0. The standard InChI is InChI=1S/C12H16/c1-3-4-8-10-5-7(2)9-6-11(8)12(9)10/h6-8,10H,3-5H2,1-2H3. The predicted molar refractivity (Wildman–Crippen MR) is 50.8 cm³/mol. The van der Waals surface area contributed by atoms with Gasteiger partial charge in [-0.2, -0.15) is 0 Å². The SMILES string of the molecule is CCCC1C2=C3C(=C2)C(C)CC31. The average molecular weight is 160 g/mol. The van der Waals surface area contributed by atoms with Gasteiger partial charge in [0.15, 0.2) is 0 Å². The first-order valence-electron chi connectivity index (χ1n) is 5.29. The Balaban J connectivity index is 1.85. The van der Waals surface area contributed by atoms with E-state index >= 15 is 0 Å². The first kappa shape index (κ1) is 6.94. The highest BCUT2D eigenvalue weighted by Gasteiger charge is 2.50. The minimum atomic E-state index is 0.885. The van der Waals surface area contributed by atoms with Gasteiger partial charge in [0, 0.05) is 0 Å². The average Bonchev–Trinajstić information content (AvgIpc) is 2.15. The molecule has 0 bridgehead atoms. The summed E-state index contributed by atoms with van der Waals surface area (Å²) in [5.41, 5.74) is 5.24. The number of rotatable bonds is 2. The Morgan fingerprint density at radius 2 is 2.33 bits per heavy atom. The van der Waals surface area contributed by atoms with Gasteiger partial charge in [0.2, 0.25) is 0 Å². The smallest absolute Gasteiger partial charge is 0.00816 e. The molecule has 12 heavy (non-hydrogen) atoms. The molecular formula is C12H16. The van der Waals surface area contributed by atoms with Crippen LogP contribution in [0.15, 0.2) is 22.8 Å². The van der Waals surface area contributed by atoms with Crippen LogP contribution in [-0.2, 0) is 0 Å². The lowest BCUT2D eigenvalue weighted by atomic mass is 9.62. The molecule has 0 aromatic heterocycles. The zero-order valence-electron chi connectivity index (χ0n) is 7.93. The summed E-state index contributed by atoms with van der Waals surface area (Å²) in [5.74, 6) is 2.85. The van der Waals surface area contributed by atoms with E-state index in [1.807, 2.05) is 0 Å². The largest absolute Gasteiger partial charge is 0.0654 e. The van der Waals surface area contributed by atoms with Gasteiger partial charge >= 0.3 is 0 Å². The molecule has 3 aliphatic carbocycles. The third kappa shape index (κ3) is 0.573. The minimum Gasteiger partial charge on any atom is -0.0654 e. The molecule has 3 aliphatic rings. The molecule has 0 aromatic carbocycles. The zero-order valence-corrected chi connectivity index (χ0v) is 7.93. The Labute approximate surface area is 74.4 Å². The van der Waals surface area contributed by atoms with E-state index in [1.54, 1.807) is 16.7 Å². The van der Waals surface area contributed by atoms with Crippen molar-refractivity contribution in [2.75, 3.05) is 0 Å². The van der Waals surface area contributed by atoms with E-state index in [2.05, 4.69) is 19.9 Å². The molecule has 0 heterocycles. The molecule has 0 N–H and O–H groups in total. The monoisotopic (exact) mass is 160 g/mol. The number of hydrogen-bond donors (Lipinski definition) is 0. The second-order valence-electron chi connectivity index (χ2n) is 4.61. The fourth-order valence-corrected chi connectivity index (χ4v) is 3.33. The van der Waals surface area contributed by atoms with Crippen LogP contribution in [0.25, 0.3) is 0 Å². The van der Waals surface area contributed by atoms with Gasteiger partial charge in [-0.05, 0) is 47.3 Å². The molecule has 0 spiro atoms. The van der Waals surface area contributed by atoms with E-state index in [1.165, 1.54) is 19.3 Å². The zero-order chi connectivity index (χ0) is 8.29. The van der Waals surface area contributed by atoms with E-state index in [9.17, 15) is 0 Å². The summed E-state index contributed by atoms with van der Waals surface area (Å²) in [6.07, 6.45) is 6.72. The molecule has 1 saturated carbocycles. The van der Waals surface area contributed by atoms with E-state index in [0.717, 1.165) is 17.8 Å². The fourth-order valence-electron chi connectivity index (χ4n) is 3.33. The molecule has 0 heteroatoms. The summed E-state index contributed by atoms with van der Waals surface area (Å²) < 4.78 is 0. The molecule has 0 aromatic rings. The molecule has 3 unspecified atom stereocenters. The molecule has 0 aliphatic heterocycles. The van der Waals surface area contributed by atoms with Gasteiger partial charge in [-0.3, -0.25) is 0 Å². The molecule has 0 nitrogen and oxygen atoms in total. The van der Waals surface area contributed by atoms with Crippen molar-refractivity contribution in [3.8, 4) is 0 Å². The maximum absolute atomic E-state index is 2.48. The van der Waals surface area contributed by atoms with Crippen molar-refractivity contribution in [1.82, 2.24) is 0 Å². The molecule has 3 atom stereocenters. The molecule has 0 radical (unpaired) electrons. The van der Waals surface area contributed by atoms with Crippen LogP contribution in [0.3, 0.4) is 0 Å². The molecule has 3 rings (SSSR count). The molecule has 64 valence electrons. The van der Waals surface area contributed by atoms with Crippen LogP contribution in [0, 0.1) is 17.8 Å². The van der Waals surface area contributed by atoms with Crippen LogP contribution in [0.2, 0.25) is 0 Å². The summed E-state index contributed by atoms with van der Waals surface area (Å²) in [6.45, 7) is 4.69. The van der Waals surface area contributed by atoms with Gasteiger partial charge in [0.1, 0.15) is 0 Å². The van der Waals surface area contributed by atoms with Crippen molar-refractivity contribution >= 4 is 0 Å². The Morgan fingerprint density at radius 3 is 3.08 bits per heavy atom. The van der Waals surface area contributed by atoms with Gasteiger partial charge in [-0.15, -0.1) is 0 Å². The highest BCUT2D eigenvalue weighted by atomic mass is 14.5. The fraction of sp³-hybridized carbons (Fsp3) is 0.667. The van der Waals surface area contributed by atoms with Crippen LogP contribution in [0.1, 0.15) is 33.1 Å². The van der Waals surface area contributed by atoms with Crippen LogP contribution < -0.4 is 0 Å². The second-order valence-corrected chi connectivity index (χ2v) is 4.61. The Hall–Kier alpha value is -0.520. The van der Waals surface area contributed by atoms with Crippen molar-refractivity contribution in [2.24, 2.45) is 17.8 Å². The van der Waals surface area contributed by atoms with Crippen LogP contribution in [-0.4, -0.2) is 0 Å². The lowest BCUT2D eigenvalue weighted by molar-refractivity contribution is 0.349. The van der Waals surface area contributed by atoms with Crippen molar-refractivity contribution in [1.29, 1.82) is 0 Å². The molecule has 0 saturated heterocycles. The summed E-state index contributed by atoms with van der Waals surface area (Å²) in [6, 6.07) is 0. The highest BCUT2D eigenvalue weighted by Crippen LogP contribution is 2.63. The predicted octanol–water partition coefficient (Wildman–Crippen LogP) is 3.31. The highest BCUT2D eigenvalue weighted by molar-refractivity contribution is 5.65. The van der Waals surface area contributed by atoms with Gasteiger partial charge in [-0.25, -0.2) is 0 Å². The summed E-state index contributed by atoms with van der Waals surface area (Å²) in [5, 5.41) is 0. The normalized spacial score (nSPS) is 41.8. The van der Waals surface area contributed by atoms with E-state index in [4.69, 9.17) is 0 Å². The van der Waals surface area contributed by atoms with Gasteiger partial charge in [0.25, 0.3) is 0 Å². The quantitative estimate of drug-likeness (QED) is 0.581. The van der Waals surface area contributed by atoms with E-state index in [-0.39, 0.29) is 0 Å². The maximum atomic E-state index is 2.48. The molecule has 0 amide bonds. The van der Waals surface area contributed by atoms with Gasteiger partial charge in [-0.1, -0.05) is 26.3 Å². The van der Waals surface area contributed by atoms with Crippen molar-refractivity contribution in [2.45, 2.75) is 33.1 Å². The van der Waals surface area contributed by atoms with Crippen LogP contribution in [0.4, 0.5) is 0 Å². The molecule has 1 fully saturated rings.